The quantitative estimate of drug-likeness (QED) is 0.804. The minimum absolute atomic E-state index is 0.0744. The van der Waals surface area contributed by atoms with Crippen molar-refractivity contribution in [3.8, 4) is 0 Å². The number of thiazole rings is 1. The molecule has 0 aliphatic carbocycles. The minimum atomic E-state index is -0.0744. The summed E-state index contributed by atoms with van der Waals surface area (Å²) in [6, 6.07) is 5.84. The van der Waals surface area contributed by atoms with Crippen molar-refractivity contribution >= 4 is 22.8 Å². The summed E-state index contributed by atoms with van der Waals surface area (Å²) in [6.07, 6.45) is 3.63. The molecule has 0 aliphatic heterocycles. The highest BCUT2D eigenvalue weighted by atomic mass is 32.1. The minimum Gasteiger partial charge on any atom is -0.347 e. The van der Waals surface area contributed by atoms with Crippen molar-refractivity contribution in [1.29, 1.82) is 0 Å². The second-order valence-corrected chi connectivity index (χ2v) is 5.73. The zero-order valence-corrected chi connectivity index (χ0v) is 12.1. The van der Waals surface area contributed by atoms with Crippen LogP contribution in [0.3, 0.4) is 0 Å². The van der Waals surface area contributed by atoms with Crippen LogP contribution in [0.15, 0.2) is 30.6 Å². The standard InChI is InChI=1S/C14H14N4OS/c1-9-13(20-10(2)17-9)14(19)15-8-11-4-3-7-18-12(11)5-6-16-18/h3-7H,8H2,1-2H3,(H,15,19). The predicted octanol–water partition coefficient (Wildman–Crippen LogP) is 2.34. The lowest BCUT2D eigenvalue weighted by Gasteiger charge is -2.06. The van der Waals surface area contributed by atoms with Gasteiger partial charge in [0.05, 0.1) is 16.2 Å². The number of hydrogen-bond donors (Lipinski definition) is 1. The van der Waals surface area contributed by atoms with Crippen molar-refractivity contribution in [3.05, 3.63) is 51.7 Å². The Bertz CT molecular complexity index is 774. The monoisotopic (exact) mass is 286 g/mol. The average molecular weight is 286 g/mol. The fraction of sp³-hybridized carbons (Fsp3) is 0.214. The lowest BCUT2D eigenvalue weighted by Crippen LogP contribution is -2.22. The van der Waals surface area contributed by atoms with E-state index < -0.39 is 0 Å². The van der Waals surface area contributed by atoms with Crippen LogP contribution in [-0.2, 0) is 6.54 Å². The van der Waals surface area contributed by atoms with Crippen molar-refractivity contribution in [2.24, 2.45) is 0 Å². The van der Waals surface area contributed by atoms with Crippen LogP contribution in [-0.4, -0.2) is 20.5 Å². The van der Waals surface area contributed by atoms with Gasteiger partial charge in [0.1, 0.15) is 4.88 Å². The fourth-order valence-corrected chi connectivity index (χ4v) is 3.00. The van der Waals surface area contributed by atoms with Gasteiger partial charge in [-0.05, 0) is 31.5 Å². The molecule has 0 aromatic carbocycles. The zero-order valence-electron chi connectivity index (χ0n) is 11.3. The number of carbonyl (C=O) groups is 1. The third-order valence-electron chi connectivity index (χ3n) is 3.07. The van der Waals surface area contributed by atoms with Crippen molar-refractivity contribution < 1.29 is 4.79 Å². The molecule has 5 nitrogen and oxygen atoms in total. The van der Waals surface area contributed by atoms with E-state index in [9.17, 15) is 4.79 Å². The molecule has 0 saturated heterocycles. The number of amides is 1. The first kappa shape index (κ1) is 12.8. The summed E-state index contributed by atoms with van der Waals surface area (Å²) in [5, 5.41) is 8.03. The molecule has 1 N–H and O–H groups in total. The van der Waals surface area contributed by atoms with E-state index in [4.69, 9.17) is 0 Å². The Labute approximate surface area is 120 Å². The molecule has 3 aromatic rings. The maximum absolute atomic E-state index is 12.2. The Morgan fingerprint density at radius 3 is 3.00 bits per heavy atom. The number of nitrogens with one attached hydrogen (secondary N) is 1. The van der Waals surface area contributed by atoms with Gasteiger partial charge in [-0.1, -0.05) is 6.07 Å². The topological polar surface area (TPSA) is 59.3 Å². The summed E-state index contributed by atoms with van der Waals surface area (Å²) >= 11 is 1.42. The molecule has 0 bridgehead atoms. The van der Waals surface area contributed by atoms with Gasteiger partial charge >= 0.3 is 0 Å². The molecule has 102 valence electrons. The number of aromatic nitrogens is 3. The van der Waals surface area contributed by atoms with Crippen LogP contribution in [0.1, 0.15) is 25.9 Å². The molecule has 1 amide bonds. The van der Waals surface area contributed by atoms with Gasteiger partial charge in [0.25, 0.3) is 5.91 Å². The summed E-state index contributed by atoms with van der Waals surface area (Å²) in [6.45, 7) is 4.24. The van der Waals surface area contributed by atoms with Gasteiger partial charge in [0, 0.05) is 18.9 Å². The first-order valence-electron chi connectivity index (χ1n) is 6.28. The molecule has 0 saturated carbocycles. The zero-order chi connectivity index (χ0) is 14.1. The van der Waals surface area contributed by atoms with Gasteiger partial charge in [-0.15, -0.1) is 11.3 Å². The van der Waals surface area contributed by atoms with E-state index in [1.54, 1.807) is 10.7 Å². The Morgan fingerprint density at radius 2 is 2.25 bits per heavy atom. The van der Waals surface area contributed by atoms with Crippen LogP contribution in [0.25, 0.3) is 5.52 Å². The molecular formula is C14H14N4OS. The SMILES string of the molecule is Cc1nc(C)c(C(=O)NCc2cccn3nccc23)s1. The highest BCUT2D eigenvalue weighted by Crippen LogP contribution is 2.17. The van der Waals surface area contributed by atoms with E-state index in [-0.39, 0.29) is 5.91 Å². The smallest absolute Gasteiger partial charge is 0.263 e. The molecule has 0 atom stereocenters. The third-order valence-corrected chi connectivity index (χ3v) is 4.14. The average Bonchev–Trinajstić information content (AvgIpc) is 3.02. The van der Waals surface area contributed by atoms with Crippen LogP contribution in [0.2, 0.25) is 0 Å². The summed E-state index contributed by atoms with van der Waals surface area (Å²) in [7, 11) is 0. The van der Waals surface area contributed by atoms with Crippen molar-refractivity contribution in [2.75, 3.05) is 0 Å². The summed E-state index contributed by atoms with van der Waals surface area (Å²) in [5.74, 6) is -0.0744. The predicted molar refractivity (Wildman–Crippen MR) is 78.0 cm³/mol. The number of aryl methyl sites for hydroxylation is 2. The molecule has 20 heavy (non-hydrogen) atoms. The number of hydrogen-bond acceptors (Lipinski definition) is 4. The fourth-order valence-electron chi connectivity index (χ4n) is 2.16. The van der Waals surface area contributed by atoms with Crippen molar-refractivity contribution in [2.45, 2.75) is 20.4 Å². The molecule has 0 aliphatic rings. The van der Waals surface area contributed by atoms with Gasteiger partial charge in [0.15, 0.2) is 0 Å². The lowest BCUT2D eigenvalue weighted by molar-refractivity contribution is 0.0954. The van der Waals surface area contributed by atoms with Crippen LogP contribution in [0, 0.1) is 13.8 Å². The Morgan fingerprint density at radius 1 is 1.40 bits per heavy atom. The number of fused-ring (bicyclic) bond motifs is 1. The van der Waals surface area contributed by atoms with Crippen molar-refractivity contribution in [3.63, 3.8) is 0 Å². The van der Waals surface area contributed by atoms with Crippen LogP contribution in [0.4, 0.5) is 0 Å². The number of nitrogens with zero attached hydrogens (tertiary/aromatic N) is 3. The number of rotatable bonds is 3. The number of pyridine rings is 1. The maximum Gasteiger partial charge on any atom is 0.263 e. The van der Waals surface area contributed by atoms with Gasteiger partial charge < -0.3 is 5.32 Å². The van der Waals surface area contributed by atoms with E-state index in [0.717, 1.165) is 21.8 Å². The molecule has 0 fully saturated rings. The Balaban J connectivity index is 1.78. The Kier molecular flexibility index (Phi) is 3.23. The summed E-state index contributed by atoms with van der Waals surface area (Å²) < 4.78 is 1.80. The molecule has 3 aromatic heterocycles. The van der Waals surface area contributed by atoms with Gasteiger partial charge in [-0.25, -0.2) is 9.50 Å². The van der Waals surface area contributed by atoms with Gasteiger partial charge in [-0.2, -0.15) is 5.10 Å². The highest BCUT2D eigenvalue weighted by Gasteiger charge is 2.13. The van der Waals surface area contributed by atoms with E-state index in [1.807, 2.05) is 38.2 Å². The second-order valence-electron chi connectivity index (χ2n) is 4.52. The molecular weight excluding hydrogens is 272 g/mol. The third kappa shape index (κ3) is 2.30. The lowest BCUT2D eigenvalue weighted by atomic mass is 10.2. The van der Waals surface area contributed by atoms with E-state index in [0.29, 0.717) is 11.4 Å². The first-order chi connectivity index (χ1) is 9.65. The molecule has 0 unspecified atom stereocenters. The molecule has 0 radical (unpaired) electrons. The van der Waals surface area contributed by atoms with E-state index in [1.165, 1.54) is 11.3 Å². The molecule has 3 heterocycles. The maximum atomic E-state index is 12.2. The first-order valence-corrected chi connectivity index (χ1v) is 7.10. The number of carbonyl (C=O) groups excluding carboxylic acids is 1. The summed E-state index contributed by atoms with van der Waals surface area (Å²) in [5.41, 5.74) is 2.83. The Hall–Kier alpha value is -2.21. The van der Waals surface area contributed by atoms with Crippen LogP contribution < -0.4 is 5.32 Å². The second kappa shape index (κ2) is 5.05. The molecule has 6 heteroatoms. The van der Waals surface area contributed by atoms with Crippen LogP contribution in [0.5, 0.6) is 0 Å². The normalized spacial score (nSPS) is 10.9. The molecule has 3 rings (SSSR count). The van der Waals surface area contributed by atoms with Crippen molar-refractivity contribution in [1.82, 2.24) is 19.9 Å². The van der Waals surface area contributed by atoms with E-state index >= 15 is 0 Å². The highest BCUT2D eigenvalue weighted by molar-refractivity contribution is 7.13. The largest absolute Gasteiger partial charge is 0.347 e. The van der Waals surface area contributed by atoms with Gasteiger partial charge in [-0.3, -0.25) is 4.79 Å². The summed E-state index contributed by atoms with van der Waals surface area (Å²) in [4.78, 5) is 17.1. The van der Waals surface area contributed by atoms with E-state index in [2.05, 4.69) is 15.4 Å². The molecule has 0 spiro atoms. The van der Waals surface area contributed by atoms with Gasteiger partial charge in [0.2, 0.25) is 0 Å². The van der Waals surface area contributed by atoms with Crippen LogP contribution >= 0.6 is 11.3 Å².